The summed E-state index contributed by atoms with van der Waals surface area (Å²) in [6.07, 6.45) is 18.7. The van der Waals surface area contributed by atoms with E-state index in [0.29, 0.717) is 72.9 Å². The third-order valence-corrected chi connectivity index (χ3v) is 16.9. The summed E-state index contributed by atoms with van der Waals surface area (Å²) in [4.78, 5) is 62.2. The van der Waals surface area contributed by atoms with Gasteiger partial charge in [0.05, 0.1) is 17.0 Å². The fourth-order valence-electron chi connectivity index (χ4n) is 13.3. The summed E-state index contributed by atoms with van der Waals surface area (Å²) < 4.78 is 0. The molecular weight excluding hydrogens is 785 g/mol. The van der Waals surface area contributed by atoms with E-state index in [4.69, 9.17) is 15.1 Å². The van der Waals surface area contributed by atoms with Gasteiger partial charge in [0.1, 0.15) is 21.7 Å². The van der Waals surface area contributed by atoms with Crippen LogP contribution in [0.1, 0.15) is 104 Å². The van der Waals surface area contributed by atoms with Crippen molar-refractivity contribution >= 4 is 58.9 Å². The van der Waals surface area contributed by atoms with E-state index < -0.39 is 11.9 Å². The molecule has 8 saturated carbocycles. The summed E-state index contributed by atoms with van der Waals surface area (Å²) in [7, 11) is 0. The van der Waals surface area contributed by atoms with Gasteiger partial charge >= 0.3 is 11.9 Å². The Bertz CT molecular complexity index is 1890. The van der Waals surface area contributed by atoms with E-state index in [-0.39, 0.29) is 30.1 Å². The number of anilines is 2. The Balaban J connectivity index is 0.000000152. The number of carboxylic acids is 2. The molecule has 14 heteroatoms. The topological polar surface area (TPSA) is 165 Å². The molecule has 2 aromatic rings. The highest BCUT2D eigenvalue weighted by Gasteiger charge is 2.50. The van der Waals surface area contributed by atoms with Crippen LogP contribution in [0.25, 0.3) is 0 Å². The Labute approximate surface area is 356 Å². The molecule has 2 aromatic heterocycles. The Morgan fingerprint density at radius 1 is 0.627 bits per heavy atom. The molecule has 12 rings (SSSR count). The second-order valence-electron chi connectivity index (χ2n) is 19.3. The number of pyridine rings is 2. The second kappa shape index (κ2) is 17.1. The zero-order valence-electron chi connectivity index (χ0n) is 34.4. The summed E-state index contributed by atoms with van der Waals surface area (Å²) >= 11 is 2.99. The molecule has 4 heterocycles. The fourth-order valence-corrected chi connectivity index (χ4v) is 14.4. The summed E-state index contributed by atoms with van der Waals surface area (Å²) in [5.41, 5.74) is 1.31. The minimum atomic E-state index is -0.746. The van der Waals surface area contributed by atoms with Gasteiger partial charge in [-0.3, -0.25) is 19.2 Å². The van der Waals surface area contributed by atoms with Crippen LogP contribution in [0, 0.1) is 59.2 Å². The molecule has 2 saturated heterocycles. The van der Waals surface area contributed by atoms with Crippen molar-refractivity contribution in [3.63, 3.8) is 0 Å². The van der Waals surface area contributed by atoms with Crippen LogP contribution < -0.4 is 20.4 Å². The first-order chi connectivity index (χ1) is 28.5. The monoisotopic (exact) mass is 844 g/mol. The van der Waals surface area contributed by atoms with Crippen LogP contribution in [0.5, 0.6) is 0 Å². The predicted octanol–water partition coefficient (Wildman–Crippen LogP) is 6.93. The molecule has 2 aliphatic heterocycles. The van der Waals surface area contributed by atoms with Crippen molar-refractivity contribution in [2.45, 2.75) is 106 Å². The lowest BCUT2D eigenvalue weighted by Gasteiger charge is -2.54. The maximum absolute atomic E-state index is 13.2. The van der Waals surface area contributed by atoms with Gasteiger partial charge in [-0.15, -0.1) is 23.5 Å². The fraction of sp³-hybridized carbons (Fsp3) is 0.689. The summed E-state index contributed by atoms with van der Waals surface area (Å²) in [6, 6.07) is 8.22. The van der Waals surface area contributed by atoms with Gasteiger partial charge in [-0.25, -0.2) is 9.97 Å². The molecule has 0 aromatic carbocycles. The number of aliphatic carboxylic acids is 2. The average molecular weight is 845 g/mol. The van der Waals surface area contributed by atoms with Gasteiger partial charge in [0.2, 0.25) is 0 Å². The van der Waals surface area contributed by atoms with Crippen LogP contribution in [0.4, 0.5) is 11.6 Å². The Kier molecular flexibility index (Phi) is 11.8. The first-order valence-electron chi connectivity index (χ1n) is 22.2. The minimum absolute atomic E-state index is 0.00397. The van der Waals surface area contributed by atoms with Crippen LogP contribution in [0.2, 0.25) is 0 Å². The normalized spacial score (nSPS) is 34.7. The van der Waals surface area contributed by atoms with Crippen molar-refractivity contribution in [2.75, 3.05) is 48.5 Å². The number of rotatable bonds is 11. The van der Waals surface area contributed by atoms with Gasteiger partial charge in [-0.2, -0.15) is 0 Å². The van der Waals surface area contributed by atoms with E-state index in [9.17, 15) is 24.3 Å². The van der Waals surface area contributed by atoms with E-state index in [1.807, 2.05) is 41.7 Å². The maximum atomic E-state index is 13.2. The lowest BCUT2D eigenvalue weighted by Crippen LogP contribution is -2.55. The van der Waals surface area contributed by atoms with Crippen LogP contribution in [0.3, 0.4) is 0 Å². The number of thioether (sulfide) groups is 2. The third kappa shape index (κ3) is 8.55. The lowest BCUT2D eigenvalue weighted by atomic mass is 9.54. The number of carbonyl (C=O) groups is 4. The lowest BCUT2D eigenvalue weighted by molar-refractivity contribution is -0.141. The zero-order chi connectivity index (χ0) is 40.9. The number of hydrogen-bond donors (Lipinski definition) is 4. The molecule has 318 valence electrons. The standard InChI is InChI=1S/C23H31N3O3S.C22H29N3O3S/c1-30-23-18(2-3-19(24-23)26-5-4-13(12-26)11-20(27)28)22(29)25-21-16-7-14-6-15(9-16)10-17(21)8-14;1-29-21-17(2-3-18(23-21)25-5-4-14(11-25)22(27)28)20(26)24-19-15-7-12-6-13(9-15)10-16(19)8-12/h2-3,13-17,21H,4-12H2,1H3,(H,25,29)(H,27,28);2-3,12-16,19H,4-11H2,1H3,(H,24,26)(H,27,28)/t13-,14?,15?,16?,17?,21?;12?,13?,14-,15?,16?,19?/m11/s1. The number of nitrogens with one attached hydrogen (secondary N) is 2. The Morgan fingerprint density at radius 2 is 1.05 bits per heavy atom. The van der Waals surface area contributed by atoms with Gasteiger partial charge in [0.15, 0.2) is 0 Å². The molecule has 0 unspecified atom stereocenters. The number of nitrogens with zero attached hydrogens (tertiary/aromatic N) is 4. The van der Waals surface area contributed by atoms with E-state index in [2.05, 4.69) is 15.5 Å². The average Bonchev–Trinajstić information content (AvgIpc) is 3.91. The Morgan fingerprint density at radius 3 is 1.44 bits per heavy atom. The first kappa shape index (κ1) is 40.9. The predicted molar refractivity (Wildman–Crippen MR) is 229 cm³/mol. The minimum Gasteiger partial charge on any atom is -0.481 e. The smallest absolute Gasteiger partial charge is 0.308 e. The van der Waals surface area contributed by atoms with Gasteiger partial charge in [-0.1, -0.05) is 0 Å². The number of amides is 2. The van der Waals surface area contributed by atoms with Crippen LogP contribution in [-0.2, 0) is 9.59 Å². The molecule has 8 aliphatic carbocycles. The third-order valence-electron chi connectivity index (χ3n) is 15.6. The van der Waals surface area contributed by atoms with Crippen LogP contribution >= 0.6 is 23.5 Å². The highest BCUT2D eigenvalue weighted by molar-refractivity contribution is 7.98. The Hall–Kier alpha value is -3.52. The van der Waals surface area contributed by atoms with Gasteiger partial charge in [-0.05, 0) is 167 Å². The molecular formula is C45H60N6O6S2. The van der Waals surface area contributed by atoms with E-state index >= 15 is 0 Å². The maximum Gasteiger partial charge on any atom is 0.308 e. The second-order valence-corrected chi connectivity index (χ2v) is 20.9. The van der Waals surface area contributed by atoms with Crippen molar-refractivity contribution in [3.05, 3.63) is 35.4 Å². The van der Waals surface area contributed by atoms with Gasteiger partial charge in [0.25, 0.3) is 11.8 Å². The number of hydrogen-bond acceptors (Lipinski definition) is 10. The van der Waals surface area contributed by atoms with E-state index in [0.717, 1.165) is 58.3 Å². The van der Waals surface area contributed by atoms with Crippen LogP contribution in [0.15, 0.2) is 34.3 Å². The van der Waals surface area contributed by atoms with Gasteiger partial charge in [0, 0.05) is 44.7 Å². The molecule has 10 aliphatic rings. The van der Waals surface area contributed by atoms with Crippen molar-refractivity contribution in [1.29, 1.82) is 0 Å². The highest BCUT2D eigenvalue weighted by Crippen LogP contribution is 2.55. The SMILES string of the molecule is CSc1nc(N2CC[C@@H](C(=O)O)C2)ccc1C(=O)NC1C2CC3CC(C2)CC1C3.CSc1nc(N2CC[C@H](CC(=O)O)C2)ccc1C(=O)NC1C2CC3CC(C2)CC1C3. The van der Waals surface area contributed by atoms with Crippen molar-refractivity contribution in [1.82, 2.24) is 20.6 Å². The molecule has 10 fully saturated rings. The molecule has 8 bridgehead atoms. The zero-order valence-corrected chi connectivity index (χ0v) is 36.0. The largest absolute Gasteiger partial charge is 0.481 e. The first-order valence-corrected chi connectivity index (χ1v) is 24.6. The number of carbonyl (C=O) groups excluding carboxylic acids is 2. The molecule has 12 nitrogen and oxygen atoms in total. The molecule has 2 amide bonds. The van der Waals surface area contributed by atoms with Crippen LogP contribution in [-0.4, -0.2) is 94.7 Å². The number of carboxylic acid groups (broad SMARTS) is 2. The van der Waals surface area contributed by atoms with Crippen molar-refractivity contribution in [3.8, 4) is 0 Å². The molecule has 4 N–H and O–H groups in total. The van der Waals surface area contributed by atoms with Crippen molar-refractivity contribution in [2.24, 2.45) is 59.2 Å². The van der Waals surface area contributed by atoms with Crippen molar-refractivity contribution < 1.29 is 29.4 Å². The molecule has 2 atom stereocenters. The van der Waals surface area contributed by atoms with Gasteiger partial charge < -0.3 is 30.6 Å². The van der Waals surface area contributed by atoms with E-state index in [1.165, 1.54) is 87.7 Å². The summed E-state index contributed by atoms with van der Waals surface area (Å²) in [5.74, 6) is 6.17. The summed E-state index contributed by atoms with van der Waals surface area (Å²) in [5, 5.41) is 26.5. The molecule has 59 heavy (non-hydrogen) atoms. The van der Waals surface area contributed by atoms with E-state index in [1.54, 1.807) is 0 Å². The molecule has 0 radical (unpaired) electrons. The molecule has 0 spiro atoms. The highest BCUT2D eigenvalue weighted by atomic mass is 32.2. The number of aromatic nitrogens is 2. The summed E-state index contributed by atoms with van der Waals surface area (Å²) in [6.45, 7) is 2.71. The quantitative estimate of drug-likeness (QED) is 0.173.